The van der Waals surface area contributed by atoms with Gasteiger partial charge in [-0.3, -0.25) is 9.48 Å². The summed E-state index contributed by atoms with van der Waals surface area (Å²) in [6, 6.07) is 10.2. The number of amides is 1. The van der Waals surface area contributed by atoms with E-state index in [2.05, 4.69) is 34.7 Å². The largest absolute Gasteiger partial charge is 0.352 e. The summed E-state index contributed by atoms with van der Waals surface area (Å²) in [5.41, 5.74) is 8.31. The van der Waals surface area contributed by atoms with Gasteiger partial charge in [0.05, 0.1) is 6.54 Å². The summed E-state index contributed by atoms with van der Waals surface area (Å²) in [7, 11) is 0. The van der Waals surface area contributed by atoms with E-state index < -0.39 is 0 Å². The third-order valence-corrected chi connectivity index (χ3v) is 5.30. The van der Waals surface area contributed by atoms with Crippen molar-refractivity contribution in [1.29, 1.82) is 0 Å². The van der Waals surface area contributed by atoms with E-state index in [9.17, 15) is 4.79 Å². The van der Waals surface area contributed by atoms with Crippen LogP contribution in [0.4, 0.5) is 0 Å². The number of nitrogens with two attached hydrogens (primary N) is 1. The highest BCUT2D eigenvalue weighted by Gasteiger charge is 2.32. The Labute approximate surface area is 149 Å². The molecule has 1 heterocycles. The molecule has 0 saturated heterocycles. The minimum atomic E-state index is 0.0238. The number of hydrogen-bond acceptors (Lipinski definition) is 3. The first-order valence-electron chi connectivity index (χ1n) is 9.21. The fourth-order valence-corrected chi connectivity index (χ4v) is 3.70. The fraction of sp³-hybridized carbons (Fsp3) is 0.500. The normalized spacial score (nSPS) is 16.5. The van der Waals surface area contributed by atoms with Gasteiger partial charge in [-0.25, -0.2) is 0 Å². The molecular formula is C20H28N4O. The summed E-state index contributed by atoms with van der Waals surface area (Å²) >= 11 is 0. The van der Waals surface area contributed by atoms with Gasteiger partial charge >= 0.3 is 0 Å². The highest BCUT2D eigenvalue weighted by Crippen LogP contribution is 2.38. The molecule has 1 aromatic heterocycles. The van der Waals surface area contributed by atoms with E-state index in [1.165, 1.54) is 24.8 Å². The Hall–Kier alpha value is -2.14. The Morgan fingerprint density at radius 3 is 2.52 bits per heavy atom. The van der Waals surface area contributed by atoms with Crippen LogP contribution in [0.3, 0.4) is 0 Å². The second-order valence-corrected chi connectivity index (χ2v) is 7.24. The van der Waals surface area contributed by atoms with Crippen molar-refractivity contribution in [3.05, 3.63) is 53.9 Å². The lowest BCUT2D eigenvalue weighted by Crippen LogP contribution is -2.38. The van der Waals surface area contributed by atoms with Crippen molar-refractivity contribution in [3.8, 4) is 0 Å². The zero-order valence-corrected chi connectivity index (χ0v) is 14.8. The predicted molar refractivity (Wildman–Crippen MR) is 98.8 cm³/mol. The van der Waals surface area contributed by atoms with Crippen LogP contribution >= 0.6 is 0 Å². The quantitative estimate of drug-likeness (QED) is 0.814. The van der Waals surface area contributed by atoms with Gasteiger partial charge in [-0.15, -0.1) is 0 Å². The number of hydrogen-bond donors (Lipinski definition) is 2. The smallest absolute Gasteiger partial charge is 0.220 e. The number of nitrogens with one attached hydrogen (secondary N) is 1. The predicted octanol–water partition coefficient (Wildman–Crippen LogP) is 2.85. The molecule has 5 heteroatoms. The number of carbonyl (C=O) groups excluding carboxylic acids is 1. The van der Waals surface area contributed by atoms with E-state index in [0.29, 0.717) is 19.5 Å². The second kappa shape index (κ2) is 8.30. The lowest BCUT2D eigenvalue weighted by molar-refractivity contribution is -0.124. The fourth-order valence-electron chi connectivity index (χ4n) is 3.70. The van der Waals surface area contributed by atoms with Crippen LogP contribution in [0.25, 0.3) is 0 Å². The Kier molecular flexibility index (Phi) is 5.87. The van der Waals surface area contributed by atoms with Gasteiger partial charge in [0.15, 0.2) is 0 Å². The molecule has 3 rings (SSSR count). The molecule has 0 spiro atoms. The van der Waals surface area contributed by atoms with E-state index in [1.54, 1.807) is 6.20 Å². The van der Waals surface area contributed by atoms with Crippen molar-refractivity contribution in [2.45, 2.75) is 51.6 Å². The molecule has 0 unspecified atom stereocenters. The third-order valence-electron chi connectivity index (χ3n) is 5.30. The molecule has 5 nitrogen and oxygen atoms in total. The molecule has 134 valence electrons. The average Bonchev–Trinajstić information content (AvgIpc) is 3.15. The topological polar surface area (TPSA) is 72.9 Å². The lowest BCUT2D eigenvalue weighted by atomic mass is 9.71. The molecule has 3 N–H and O–H groups in total. The molecule has 25 heavy (non-hydrogen) atoms. The van der Waals surface area contributed by atoms with E-state index in [0.717, 1.165) is 24.9 Å². The monoisotopic (exact) mass is 340 g/mol. The first kappa shape index (κ1) is 17.7. The Morgan fingerprint density at radius 1 is 1.16 bits per heavy atom. The molecule has 0 atom stereocenters. The number of benzene rings is 1. The number of rotatable bonds is 7. The molecule has 1 amide bonds. The van der Waals surface area contributed by atoms with Gasteiger partial charge in [0.25, 0.3) is 0 Å². The maximum atomic E-state index is 12.3. The molecule has 1 fully saturated rings. The SMILES string of the molecule is NCC1(CC(=O)NCc2ccc(Cn3cccn3)cc2)CCCCC1. The van der Waals surface area contributed by atoms with Crippen LogP contribution in [0, 0.1) is 5.41 Å². The van der Waals surface area contributed by atoms with E-state index in [-0.39, 0.29) is 11.3 Å². The Bertz CT molecular complexity index is 658. The van der Waals surface area contributed by atoms with Crippen LogP contribution in [0.1, 0.15) is 49.7 Å². The first-order valence-corrected chi connectivity index (χ1v) is 9.21. The second-order valence-electron chi connectivity index (χ2n) is 7.24. The molecule has 1 aliphatic rings. The maximum Gasteiger partial charge on any atom is 0.220 e. The number of aromatic nitrogens is 2. The summed E-state index contributed by atoms with van der Waals surface area (Å²) in [6.45, 7) is 1.95. The van der Waals surface area contributed by atoms with Crippen molar-refractivity contribution < 1.29 is 4.79 Å². The van der Waals surface area contributed by atoms with Gasteiger partial charge in [0, 0.05) is 25.4 Å². The summed E-state index contributed by atoms with van der Waals surface area (Å²) < 4.78 is 1.90. The van der Waals surface area contributed by atoms with E-state index >= 15 is 0 Å². The Balaban J connectivity index is 1.48. The minimum absolute atomic E-state index is 0.0238. The van der Waals surface area contributed by atoms with E-state index in [4.69, 9.17) is 5.73 Å². The molecule has 0 radical (unpaired) electrons. The van der Waals surface area contributed by atoms with Crippen LogP contribution < -0.4 is 11.1 Å². The highest BCUT2D eigenvalue weighted by atomic mass is 16.1. The number of nitrogens with zero attached hydrogens (tertiary/aromatic N) is 2. The highest BCUT2D eigenvalue weighted by molar-refractivity contribution is 5.76. The zero-order valence-electron chi connectivity index (χ0n) is 14.8. The van der Waals surface area contributed by atoms with Crippen molar-refractivity contribution in [3.63, 3.8) is 0 Å². The van der Waals surface area contributed by atoms with Gasteiger partial charge < -0.3 is 11.1 Å². The van der Waals surface area contributed by atoms with Crippen LogP contribution in [0.2, 0.25) is 0 Å². The van der Waals surface area contributed by atoms with Crippen LogP contribution in [0.15, 0.2) is 42.7 Å². The summed E-state index contributed by atoms with van der Waals surface area (Å²) in [5, 5.41) is 7.27. The maximum absolute atomic E-state index is 12.3. The average molecular weight is 340 g/mol. The third kappa shape index (κ3) is 4.92. The van der Waals surface area contributed by atoms with Crippen molar-refractivity contribution in [2.24, 2.45) is 11.1 Å². The Morgan fingerprint density at radius 2 is 1.88 bits per heavy atom. The molecule has 0 aliphatic heterocycles. The van der Waals surface area contributed by atoms with Crippen molar-refractivity contribution in [2.75, 3.05) is 6.54 Å². The van der Waals surface area contributed by atoms with Gasteiger partial charge in [0.2, 0.25) is 5.91 Å². The van der Waals surface area contributed by atoms with Gasteiger partial charge in [-0.05, 0) is 42.0 Å². The van der Waals surface area contributed by atoms with Crippen LogP contribution in [0.5, 0.6) is 0 Å². The van der Waals surface area contributed by atoms with Crippen molar-refractivity contribution in [1.82, 2.24) is 15.1 Å². The molecule has 1 aromatic carbocycles. The minimum Gasteiger partial charge on any atom is -0.352 e. The van der Waals surface area contributed by atoms with Gasteiger partial charge in [0.1, 0.15) is 0 Å². The summed E-state index contributed by atoms with van der Waals surface area (Å²) in [6.07, 6.45) is 10.1. The van der Waals surface area contributed by atoms with Crippen molar-refractivity contribution >= 4 is 5.91 Å². The van der Waals surface area contributed by atoms with E-state index in [1.807, 2.05) is 16.9 Å². The van der Waals surface area contributed by atoms with Gasteiger partial charge in [-0.2, -0.15) is 5.10 Å². The molecular weight excluding hydrogens is 312 g/mol. The van der Waals surface area contributed by atoms with Gasteiger partial charge in [-0.1, -0.05) is 43.5 Å². The summed E-state index contributed by atoms with van der Waals surface area (Å²) in [5.74, 6) is 0.118. The molecule has 1 aliphatic carbocycles. The lowest BCUT2D eigenvalue weighted by Gasteiger charge is -2.35. The first-order chi connectivity index (χ1) is 12.2. The molecule has 0 bridgehead atoms. The number of carbonyl (C=O) groups is 1. The van der Waals surface area contributed by atoms with Crippen LogP contribution in [-0.2, 0) is 17.9 Å². The standard InChI is InChI=1S/C20H28N4O/c21-16-20(9-2-1-3-10-20)13-19(25)22-14-17-5-7-18(8-6-17)15-24-12-4-11-23-24/h4-8,11-12H,1-3,9-10,13-16,21H2,(H,22,25). The summed E-state index contributed by atoms with van der Waals surface area (Å²) in [4.78, 5) is 12.3. The molecule has 1 saturated carbocycles. The zero-order chi connectivity index (χ0) is 17.5. The van der Waals surface area contributed by atoms with Crippen LogP contribution in [-0.4, -0.2) is 22.2 Å². The molecule has 2 aromatic rings.